The predicted octanol–water partition coefficient (Wildman–Crippen LogP) is 10.9. The van der Waals surface area contributed by atoms with Gasteiger partial charge in [-0.15, -0.1) is 0 Å². The van der Waals surface area contributed by atoms with Gasteiger partial charge < -0.3 is 27.9 Å². The first-order valence-corrected chi connectivity index (χ1v) is 22.5. The topological polar surface area (TPSA) is 111 Å². The molecule has 0 fully saturated rings. The second kappa shape index (κ2) is 35.2. The van der Waals surface area contributed by atoms with Gasteiger partial charge >= 0.3 is 11.9 Å². The van der Waals surface area contributed by atoms with E-state index >= 15 is 0 Å². The van der Waals surface area contributed by atoms with Crippen LogP contribution in [0.4, 0.5) is 0 Å². The van der Waals surface area contributed by atoms with E-state index in [1.54, 1.807) is 0 Å². The van der Waals surface area contributed by atoms with Crippen LogP contribution in [-0.4, -0.2) is 70.0 Å². The Hall–Kier alpha value is -1.51. The summed E-state index contributed by atoms with van der Waals surface area (Å²) in [6.07, 6.45) is 36.3. The molecular formula is C42H80NO8P. The summed E-state index contributed by atoms with van der Waals surface area (Å²) in [6.45, 7) is 4.17. The van der Waals surface area contributed by atoms with E-state index in [4.69, 9.17) is 18.5 Å². The summed E-state index contributed by atoms with van der Waals surface area (Å²) in [7, 11) is 1.15. The van der Waals surface area contributed by atoms with E-state index in [2.05, 4.69) is 38.2 Å². The third-order valence-corrected chi connectivity index (χ3v) is 9.91. The number of hydrogen-bond acceptors (Lipinski definition) is 8. The highest BCUT2D eigenvalue weighted by molar-refractivity contribution is 7.45. The standard InChI is InChI=1S/C42H80NO8P/c1-6-8-10-12-14-16-18-20-21-23-24-26-28-30-32-34-41(44)48-38-40(39-50-52(46,47)49-37-36-43(3,4)5)51-42(45)35-33-31-29-27-25-22-19-17-15-13-11-9-7-2/h17,19,24,26,40H,6-16,18,20-23,25,27-39H2,1-5H3/b19-17+,26-24+/t40-/m1/s1. The number of hydrogen-bond donors (Lipinski definition) is 0. The Labute approximate surface area is 319 Å². The lowest BCUT2D eigenvalue weighted by molar-refractivity contribution is -0.870. The molecular weight excluding hydrogens is 677 g/mol. The number of carbonyl (C=O) groups is 2. The third kappa shape index (κ3) is 38.2. The fraction of sp³-hybridized carbons (Fsp3) is 0.857. The number of rotatable bonds is 38. The number of carbonyl (C=O) groups excluding carboxylic acids is 2. The van der Waals surface area contributed by atoms with Gasteiger partial charge in [-0.2, -0.15) is 0 Å². The van der Waals surface area contributed by atoms with Gasteiger partial charge in [0, 0.05) is 12.8 Å². The molecule has 0 saturated heterocycles. The summed E-state index contributed by atoms with van der Waals surface area (Å²) < 4.78 is 33.8. The molecule has 0 N–H and O–H groups in total. The van der Waals surface area contributed by atoms with Crippen molar-refractivity contribution in [3.05, 3.63) is 24.3 Å². The Morgan fingerprint density at radius 1 is 0.577 bits per heavy atom. The smallest absolute Gasteiger partial charge is 0.306 e. The summed E-state index contributed by atoms with van der Waals surface area (Å²) in [5.74, 6) is -0.868. The normalized spacial score (nSPS) is 13.9. The van der Waals surface area contributed by atoms with Crippen molar-refractivity contribution in [3.8, 4) is 0 Å². The fourth-order valence-corrected chi connectivity index (χ4v) is 6.31. The van der Waals surface area contributed by atoms with Crippen LogP contribution in [0.1, 0.15) is 181 Å². The quantitative estimate of drug-likeness (QED) is 0.0201. The monoisotopic (exact) mass is 758 g/mol. The average Bonchev–Trinajstić information content (AvgIpc) is 3.09. The Morgan fingerprint density at radius 2 is 0.981 bits per heavy atom. The van der Waals surface area contributed by atoms with Gasteiger partial charge in [0.05, 0.1) is 27.7 Å². The number of unbranched alkanes of at least 4 members (excludes halogenated alkanes) is 20. The minimum Gasteiger partial charge on any atom is -0.756 e. The lowest BCUT2D eigenvalue weighted by atomic mass is 10.1. The van der Waals surface area contributed by atoms with Crippen molar-refractivity contribution in [2.24, 2.45) is 0 Å². The minimum absolute atomic E-state index is 0.0342. The van der Waals surface area contributed by atoms with Crippen LogP contribution in [0.25, 0.3) is 0 Å². The molecule has 52 heavy (non-hydrogen) atoms. The zero-order valence-corrected chi connectivity index (χ0v) is 35.2. The molecule has 306 valence electrons. The van der Waals surface area contributed by atoms with Crippen molar-refractivity contribution in [1.82, 2.24) is 0 Å². The number of phosphoric ester groups is 1. The van der Waals surface area contributed by atoms with Gasteiger partial charge in [-0.1, -0.05) is 128 Å². The van der Waals surface area contributed by atoms with Gasteiger partial charge in [-0.3, -0.25) is 14.2 Å². The number of esters is 2. The van der Waals surface area contributed by atoms with Crippen LogP contribution in [0.2, 0.25) is 0 Å². The first kappa shape index (κ1) is 50.5. The Kier molecular flexibility index (Phi) is 34.2. The fourth-order valence-electron chi connectivity index (χ4n) is 5.58. The zero-order chi connectivity index (χ0) is 38.6. The lowest BCUT2D eigenvalue weighted by Gasteiger charge is -2.28. The van der Waals surface area contributed by atoms with Crippen molar-refractivity contribution in [2.45, 2.75) is 187 Å². The molecule has 0 amide bonds. The zero-order valence-electron chi connectivity index (χ0n) is 34.3. The van der Waals surface area contributed by atoms with Crippen LogP contribution >= 0.6 is 7.82 Å². The summed E-state index contributed by atoms with van der Waals surface area (Å²) in [5, 5.41) is 0. The maximum atomic E-state index is 12.6. The van der Waals surface area contributed by atoms with E-state index in [0.29, 0.717) is 23.9 Å². The van der Waals surface area contributed by atoms with Gasteiger partial charge in [0.1, 0.15) is 19.8 Å². The highest BCUT2D eigenvalue weighted by Crippen LogP contribution is 2.38. The van der Waals surface area contributed by atoms with Crippen molar-refractivity contribution < 1.29 is 42.1 Å². The molecule has 0 aliphatic heterocycles. The second-order valence-electron chi connectivity index (χ2n) is 15.3. The number of likely N-dealkylation sites (N-methyl/N-ethyl adjacent to an activating group) is 1. The average molecular weight is 758 g/mol. The molecule has 0 saturated carbocycles. The molecule has 0 heterocycles. The Bertz CT molecular complexity index is 949. The van der Waals surface area contributed by atoms with Gasteiger partial charge in [0.2, 0.25) is 0 Å². The molecule has 0 aliphatic carbocycles. The van der Waals surface area contributed by atoms with E-state index in [-0.39, 0.29) is 26.1 Å². The number of allylic oxidation sites excluding steroid dienone is 4. The number of ether oxygens (including phenoxy) is 2. The van der Waals surface area contributed by atoms with E-state index in [1.807, 2.05) is 21.1 Å². The molecule has 0 aliphatic rings. The maximum absolute atomic E-state index is 12.6. The molecule has 0 aromatic carbocycles. The highest BCUT2D eigenvalue weighted by atomic mass is 31.2. The number of phosphoric acid groups is 1. The molecule has 0 spiro atoms. The molecule has 1 unspecified atom stereocenters. The van der Waals surface area contributed by atoms with Gasteiger partial charge in [-0.05, 0) is 64.2 Å². The largest absolute Gasteiger partial charge is 0.756 e. The van der Waals surface area contributed by atoms with E-state index < -0.39 is 32.5 Å². The molecule has 9 nitrogen and oxygen atoms in total. The van der Waals surface area contributed by atoms with E-state index in [1.165, 1.54) is 89.9 Å². The van der Waals surface area contributed by atoms with Crippen molar-refractivity contribution in [2.75, 3.05) is 47.5 Å². The van der Waals surface area contributed by atoms with Crippen LogP contribution in [-0.2, 0) is 32.7 Å². The third-order valence-electron chi connectivity index (χ3n) is 8.94. The molecule has 0 bridgehead atoms. The summed E-state index contributed by atoms with van der Waals surface area (Å²) in [4.78, 5) is 37.4. The highest BCUT2D eigenvalue weighted by Gasteiger charge is 2.21. The molecule has 0 aromatic rings. The van der Waals surface area contributed by atoms with Crippen LogP contribution in [0, 0.1) is 0 Å². The number of quaternary nitrogens is 1. The summed E-state index contributed by atoms with van der Waals surface area (Å²) in [5.41, 5.74) is 0. The van der Waals surface area contributed by atoms with Crippen LogP contribution in [0.15, 0.2) is 24.3 Å². The predicted molar refractivity (Wildman–Crippen MR) is 213 cm³/mol. The molecule has 0 rings (SSSR count). The summed E-state index contributed by atoms with van der Waals surface area (Å²) >= 11 is 0. The number of nitrogens with zero attached hydrogens (tertiary/aromatic N) is 1. The van der Waals surface area contributed by atoms with Gasteiger partial charge in [0.15, 0.2) is 6.10 Å². The van der Waals surface area contributed by atoms with E-state index in [0.717, 1.165) is 51.4 Å². The maximum Gasteiger partial charge on any atom is 0.306 e. The van der Waals surface area contributed by atoms with Crippen LogP contribution < -0.4 is 4.89 Å². The molecule has 0 radical (unpaired) electrons. The second-order valence-corrected chi connectivity index (χ2v) is 16.8. The summed E-state index contributed by atoms with van der Waals surface area (Å²) in [6, 6.07) is 0. The first-order chi connectivity index (χ1) is 25.0. The first-order valence-electron chi connectivity index (χ1n) is 21.0. The SMILES string of the molecule is CCCCCC/C=C/CCCCCCCC(=O)O[C@H](COC(=O)CCCC/C=C/CCCCCCCCCCC)COP(=O)([O-])OCC[N+](C)(C)C. The Morgan fingerprint density at radius 3 is 1.48 bits per heavy atom. The van der Waals surface area contributed by atoms with Gasteiger partial charge in [0.25, 0.3) is 7.82 Å². The lowest BCUT2D eigenvalue weighted by Crippen LogP contribution is -2.37. The van der Waals surface area contributed by atoms with Crippen LogP contribution in [0.5, 0.6) is 0 Å². The van der Waals surface area contributed by atoms with Gasteiger partial charge in [-0.25, -0.2) is 0 Å². The molecule has 2 atom stereocenters. The van der Waals surface area contributed by atoms with Crippen molar-refractivity contribution in [3.63, 3.8) is 0 Å². The van der Waals surface area contributed by atoms with Crippen molar-refractivity contribution in [1.29, 1.82) is 0 Å². The minimum atomic E-state index is -4.62. The Balaban J connectivity index is 4.42. The van der Waals surface area contributed by atoms with Crippen LogP contribution in [0.3, 0.4) is 0 Å². The molecule has 10 heteroatoms. The molecule has 0 aromatic heterocycles. The van der Waals surface area contributed by atoms with Crippen molar-refractivity contribution >= 4 is 19.8 Å². The van der Waals surface area contributed by atoms with E-state index in [9.17, 15) is 19.0 Å².